The van der Waals surface area contributed by atoms with Gasteiger partial charge in [-0.15, -0.1) is 0 Å². The molecule has 4 aromatic rings. The molecule has 8 heteroatoms. The van der Waals surface area contributed by atoms with Gasteiger partial charge in [-0.25, -0.2) is 0 Å². The van der Waals surface area contributed by atoms with Crippen molar-refractivity contribution >= 4 is 23.2 Å². The number of ether oxygens (including phenoxy) is 1. The van der Waals surface area contributed by atoms with Crippen molar-refractivity contribution < 1.29 is 14.1 Å². The zero-order valence-electron chi connectivity index (χ0n) is 15.5. The van der Waals surface area contributed by atoms with Crippen molar-refractivity contribution in [3.8, 4) is 11.4 Å². The Balaban J connectivity index is 1.45. The number of carbonyl (C=O) groups is 1. The van der Waals surface area contributed by atoms with E-state index in [0.717, 1.165) is 5.69 Å². The number of carbonyl (C=O) groups excluding carboxylic acids is 1. The van der Waals surface area contributed by atoms with E-state index in [1.54, 1.807) is 49.4 Å². The van der Waals surface area contributed by atoms with Crippen LogP contribution in [0.3, 0.4) is 0 Å². The van der Waals surface area contributed by atoms with E-state index in [4.69, 9.17) is 20.9 Å². The van der Waals surface area contributed by atoms with Gasteiger partial charge in [0, 0.05) is 29.9 Å². The molecule has 1 amide bonds. The first kappa shape index (κ1) is 18.8. The third-order valence-corrected chi connectivity index (χ3v) is 4.38. The fourth-order valence-corrected chi connectivity index (χ4v) is 2.93. The van der Waals surface area contributed by atoms with Gasteiger partial charge in [-0.1, -0.05) is 16.8 Å². The lowest BCUT2D eigenvalue weighted by Gasteiger charge is -2.13. The summed E-state index contributed by atoms with van der Waals surface area (Å²) in [5, 5.41) is 7.29. The molecule has 0 radical (unpaired) electrons. The van der Waals surface area contributed by atoms with E-state index in [2.05, 4.69) is 15.5 Å². The van der Waals surface area contributed by atoms with E-state index in [1.807, 2.05) is 29.1 Å². The van der Waals surface area contributed by atoms with Crippen LogP contribution in [0.25, 0.3) is 5.69 Å². The van der Waals surface area contributed by atoms with Gasteiger partial charge in [0.2, 0.25) is 11.7 Å². The molecule has 146 valence electrons. The first-order valence-corrected chi connectivity index (χ1v) is 9.22. The smallest absolute Gasteiger partial charge is 0.255 e. The molecule has 0 spiro atoms. The third-order valence-electron chi connectivity index (χ3n) is 4.14. The molecule has 0 atom stereocenters. The number of halogens is 1. The Hall–Kier alpha value is -3.58. The summed E-state index contributed by atoms with van der Waals surface area (Å²) in [6.45, 7) is 1.90. The highest BCUT2D eigenvalue weighted by molar-refractivity contribution is 6.31. The quantitative estimate of drug-likeness (QED) is 0.502. The number of aryl methyl sites for hydroxylation is 1. The van der Waals surface area contributed by atoms with Crippen LogP contribution < -0.4 is 10.1 Å². The van der Waals surface area contributed by atoms with Gasteiger partial charge in [-0.05, 0) is 54.6 Å². The lowest BCUT2D eigenvalue weighted by molar-refractivity contribution is 0.102. The van der Waals surface area contributed by atoms with Crippen molar-refractivity contribution in [1.82, 2.24) is 14.7 Å². The second-order valence-electron chi connectivity index (χ2n) is 6.25. The Bertz CT molecular complexity index is 1120. The summed E-state index contributed by atoms with van der Waals surface area (Å²) in [5.41, 5.74) is 1.94. The van der Waals surface area contributed by atoms with Crippen LogP contribution in [0.5, 0.6) is 5.75 Å². The third kappa shape index (κ3) is 4.47. The lowest BCUT2D eigenvalue weighted by Crippen LogP contribution is -2.13. The minimum absolute atomic E-state index is 0.188. The fourth-order valence-electron chi connectivity index (χ4n) is 2.76. The zero-order valence-corrected chi connectivity index (χ0v) is 16.3. The molecule has 1 N–H and O–H groups in total. The van der Waals surface area contributed by atoms with Crippen LogP contribution in [-0.2, 0) is 6.61 Å². The standard InChI is InChI=1S/C21H17ClN4O3/c1-14-23-20(25-29-14)13-28-17-7-4-15(5-8-17)21(27)24-18-9-6-16(22)12-19(18)26-10-2-3-11-26/h2-12H,13H2,1H3,(H,24,27). The number of aromatic nitrogens is 3. The van der Waals surface area contributed by atoms with Crippen molar-refractivity contribution in [3.05, 3.63) is 89.3 Å². The van der Waals surface area contributed by atoms with Crippen LogP contribution in [0.4, 0.5) is 5.69 Å². The predicted molar refractivity (Wildman–Crippen MR) is 109 cm³/mol. The number of anilines is 1. The maximum Gasteiger partial charge on any atom is 0.255 e. The molecule has 0 aliphatic carbocycles. The maximum absolute atomic E-state index is 12.7. The van der Waals surface area contributed by atoms with Crippen LogP contribution >= 0.6 is 11.6 Å². The number of nitrogens with one attached hydrogen (secondary N) is 1. The van der Waals surface area contributed by atoms with Crippen LogP contribution in [-0.4, -0.2) is 20.6 Å². The van der Waals surface area contributed by atoms with E-state index in [-0.39, 0.29) is 12.5 Å². The molecule has 0 saturated carbocycles. The number of rotatable bonds is 6. The highest BCUT2D eigenvalue weighted by atomic mass is 35.5. The highest BCUT2D eigenvalue weighted by Gasteiger charge is 2.11. The van der Waals surface area contributed by atoms with Gasteiger partial charge >= 0.3 is 0 Å². The zero-order chi connectivity index (χ0) is 20.2. The molecule has 29 heavy (non-hydrogen) atoms. The molecule has 2 aromatic carbocycles. The SMILES string of the molecule is Cc1nc(COc2ccc(C(=O)Nc3ccc(Cl)cc3-n3cccc3)cc2)no1. The van der Waals surface area contributed by atoms with E-state index in [0.29, 0.717) is 33.7 Å². The molecule has 0 unspecified atom stereocenters. The molecule has 0 bridgehead atoms. The van der Waals surface area contributed by atoms with Crippen LogP contribution in [0, 0.1) is 6.92 Å². The molecule has 0 saturated heterocycles. The monoisotopic (exact) mass is 408 g/mol. The van der Waals surface area contributed by atoms with Crippen molar-refractivity contribution in [3.63, 3.8) is 0 Å². The Morgan fingerprint density at radius 3 is 2.62 bits per heavy atom. The summed E-state index contributed by atoms with van der Waals surface area (Å²) in [7, 11) is 0. The summed E-state index contributed by atoms with van der Waals surface area (Å²) in [5.74, 6) is 1.31. The van der Waals surface area contributed by atoms with Crippen LogP contribution in [0.2, 0.25) is 5.02 Å². The van der Waals surface area contributed by atoms with Crippen molar-refractivity contribution in [1.29, 1.82) is 0 Å². The predicted octanol–water partition coefficient (Wildman–Crippen LogP) is 4.65. The van der Waals surface area contributed by atoms with Crippen LogP contribution in [0.15, 0.2) is 71.5 Å². The second kappa shape index (κ2) is 8.20. The van der Waals surface area contributed by atoms with Gasteiger partial charge < -0.3 is 19.1 Å². The van der Waals surface area contributed by atoms with E-state index >= 15 is 0 Å². The Kier molecular flexibility index (Phi) is 5.31. The largest absolute Gasteiger partial charge is 0.485 e. The average Bonchev–Trinajstić information content (AvgIpc) is 3.40. The van der Waals surface area contributed by atoms with Gasteiger partial charge in [0.05, 0.1) is 11.4 Å². The minimum atomic E-state index is -0.235. The lowest BCUT2D eigenvalue weighted by atomic mass is 10.2. The van der Waals surface area contributed by atoms with E-state index in [1.165, 1.54) is 0 Å². The number of hydrogen-bond acceptors (Lipinski definition) is 5. The maximum atomic E-state index is 12.7. The van der Waals surface area contributed by atoms with Gasteiger partial charge in [-0.3, -0.25) is 4.79 Å². The number of benzene rings is 2. The van der Waals surface area contributed by atoms with Crippen molar-refractivity contribution in [2.75, 3.05) is 5.32 Å². The normalized spacial score (nSPS) is 10.7. The van der Waals surface area contributed by atoms with Crippen LogP contribution in [0.1, 0.15) is 22.1 Å². The van der Waals surface area contributed by atoms with Crippen molar-refractivity contribution in [2.45, 2.75) is 13.5 Å². The molecule has 2 heterocycles. The molecular weight excluding hydrogens is 392 g/mol. The molecule has 0 aliphatic heterocycles. The summed E-state index contributed by atoms with van der Waals surface area (Å²) in [6, 6.07) is 15.9. The summed E-state index contributed by atoms with van der Waals surface area (Å²) >= 11 is 6.13. The van der Waals surface area contributed by atoms with Gasteiger partial charge in [0.25, 0.3) is 5.91 Å². The number of hydrogen-bond donors (Lipinski definition) is 1. The molecule has 0 fully saturated rings. The van der Waals surface area contributed by atoms with E-state index < -0.39 is 0 Å². The Morgan fingerprint density at radius 1 is 1.17 bits per heavy atom. The summed E-state index contributed by atoms with van der Waals surface area (Å²) in [4.78, 5) is 16.8. The first-order valence-electron chi connectivity index (χ1n) is 8.85. The fraction of sp³-hybridized carbons (Fsp3) is 0.0952. The second-order valence-corrected chi connectivity index (χ2v) is 6.69. The van der Waals surface area contributed by atoms with Gasteiger partial charge in [-0.2, -0.15) is 4.98 Å². The molecular formula is C21H17ClN4O3. The first-order chi connectivity index (χ1) is 14.1. The number of nitrogens with zero attached hydrogens (tertiary/aromatic N) is 3. The molecule has 7 nitrogen and oxygen atoms in total. The Morgan fingerprint density at radius 2 is 1.93 bits per heavy atom. The molecule has 4 rings (SSSR count). The minimum Gasteiger partial charge on any atom is -0.485 e. The summed E-state index contributed by atoms with van der Waals surface area (Å²) < 4.78 is 12.4. The average molecular weight is 409 g/mol. The summed E-state index contributed by atoms with van der Waals surface area (Å²) in [6.07, 6.45) is 3.78. The molecule has 0 aliphatic rings. The van der Waals surface area contributed by atoms with Gasteiger partial charge in [0.15, 0.2) is 6.61 Å². The highest BCUT2D eigenvalue weighted by Crippen LogP contribution is 2.25. The van der Waals surface area contributed by atoms with E-state index in [9.17, 15) is 4.79 Å². The number of amides is 1. The van der Waals surface area contributed by atoms with Crippen molar-refractivity contribution in [2.24, 2.45) is 0 Å². The Labute approximate surface area is 171 Å². The topological polar surface area (TPSA) is 82.2 Å². The molecule has 2 aromatic heterocycles. The van der Waals surface area contributed by atoms with Gasteiger partial charge in [0.1, 0.15) is 5.75 Å².